The van der Waals surface area contributed by atoms with Crippen molar-refractivity contribution in [1.29, 1.82) is 0 Å². The summed E-state index contributed by atoms with van der Waals surface area (Å²) in [5.74, 6) is -1.57. The van der Waals surface area contributed by atoms with Crippen LogP contribution in [0.1, 0.15) is 232 Å². The first-order valence-corrected chi connectivity index (χ1v) is 26.0. The van der Waals surface area contributed by atoms with Gasteiger partial charge in [0.05, 0.1) is 16.1 Å². The summed E-state index contributed by atoms with van der Waals surface area (Å²) in [5, 5.41) is 57.7. The molecule has 2 atom stereocenters. The van der Waals surface area contributed by atoms with Gasteiger partial charge in [-0.1, -0.05) is 173 Å². The Hall–Kier alpha value is -3.13. The number of carbonyl (C=O) groups is 2. The average Bonchev–Trinajstić information content (AvgIpc) is 3.24. The van der Waals surface area contributed by atoms with Gasteiger partial charge in [-0.15, -0.1) is 0 Å². The standard InChI is InChI=1S/C51H88N2O10S/c1-5-7-9-11-19-25-31-39-50(58,40-32-26-20-12-10-8-6-2)49(4,52(64(62)63)45-38-37-44(3)43-46(45)53(60)61)51(59,41-33-27-21-15-13-17-23-29-35-47(54)55)42-34-28-22-16-14-18-24-30-36-48(56)57/h25-26,31-32,37-38,43,58-59H,5-24,27-30,33-36,39-42H2,1-4H3,(H,54,55)(H,56,57)(H,62,63)/b31-25-,32-26-. The molecule has 2 unspecified atom stereocenters. The Morgan fingerprint density at radius 2 is 1.03 bits per heavy atom. The Labute approximate surface area is 389 Å². The van der Waals surface area contributed by atoms with E-state index in [1.807, 2.05) is 24.3 Å². The molecule has 0 aliphatic rings. The number of rotatable bonds is 42. The topological polar surface area (TPSA) is 199 Å². The zero-order valence-corrected chi connectivity index (χ0v) is 41.1. The van der Waals surface area contributed by atoms with Gasteiger partial charge in [0.1, 0.15) is 11.2 Å². The van der Waals surface area contributed by atoms with Crippen molar-refractivity contribution < 1.29 is 43.7 Å². The van der Waals surface area contributed by atoms with Crippen LogP contribution < -0.4 is 4.31 Å². The molecule has 0 saturated carbocycles. The smallest absolute Gasteiger partial charge is 0.303 e. The molecule has 0 amide bonds. The van der Waals surface area contributed by atoms with Gasteiger partial charge in [-0.25, -0.2) is 4.21 Å². The quantitative estimate of drug-likeness (QED) is 0.0138. The van der Waals surface area contributed by atoms with E-state index in [-0.39, 0.29) is 49.9 Å². The molecular weight excluding hydrogens is 833 g/mol. The second-order valence-corrected chi connectivity index (χ2v) is 19.2. The first-order chi connectivity index (χ1) is 30.6. The molecular formula is C51H88N2O10S. The van der Waals surface area contributed by atoms with Crippen LogP contribution >= 0.6 is 0 Å². The number of nitro groups is 1. The molecule has 0 spiro atoms. The van der Waals surface area contributed by atoms with Crippen molar-refractivity contribution in [2.45, 2.75) is 250 Å². The van der Waals surface area contributed by atoms with Crippen LogP contribution in [0.25, 0.3) is 0 Å². The maximum Gasteiger partial charge on any atom is 0.303 e. The van der Waals surface area contributed by atoms with Crippen molar-refractivity contribution >= 4 is 34.6 Å². The van der Waals surface area contributed by atoms with Crippen LogP contribution in [0.15, 0.2) is 42.5 Å². The number of carboxylic acid groups (broad SMARTS) is 2. The molecule has 64 heavy (non-hydrogen) atoms. The minimum Gasteiger partial charge on any atom is -0.481 e. The summed E-state index contributed by atoms with van der Waals surface area (Å²) in [4.78, 5) is 34.0. The summed E-state index contributed by atoms with van der Waals surface area (Å²) in [6.45, 7) is 7.67. The third-order valence-electron chi connectivity index (χ3n) is 13.1. The fraction of sp³-hybridized carbons (Fsp3) is 0.765. The Morgan fingerprint density at radius 3 is 1.41 bits per heavy atom. The second kappa shape index (κ2) is 34.2. The van der Waals surface area contributed by atoms with E-state index in [0.29, 0.717) is 31.2 Å². The number of anilines is 1. The van der Waals surface area contributed by atoms with Gasteiger partial charge in [0.2, 0.25) is 0 Å². The Bertz CT molecular complexity index is 1480. The molecule has 13 heteroatoms. The highest BCUT2D eigenvalue weighted by Gasteiger charge is 2.63. The average molecular weight is 921 g/mol. The number of benzene rings is 1. The molecule has 0 heterocycles. The molecule has 368 valence electrons. The lowest BCUT2D eigenvalue weighted by molar-refractivity contribution is -0.384. The lowest BCUT2D eigenvalue weighted by atomic mass is 9.62. The minimum atomic E-state index is -2.92. The van der Waals surface area contributed by atoms with E-state index >= 15 is 0 Å². The first-order valence-electron chi connectivity index (χ1n) is 24.9. The van der Waals surface area contributed by atoms with Gasteiger partial charge >= 0.3 is 11.9 Å². The van der Waals surface area contributed by atoms with E-state index in [0.717, 1.165) is 146 Å². The normalized spacial score (nSPS) is 13.7. The third-order valence-corrected chi connectivity index (χ3v) is 14.0. The number of nitro benzene ring substituents is 1. The van der Waals surface area contributed by atoms with Crippen LogP contribution in [0, 0.1) is 17.0 Å². The van der Waals surface area contributed by atoms with E-state index in [1.54, 1.807) is 19.9 Å². The van der Waals surface area contributed by atoms with Crippen molar-refractivity contribution in [1.82, 2.24) is 0 Å². The zero-order valence-electron chi connectivity index (χ0n) is 40.2. The lowest BCUT2D eigenvalue weighted by Crippen LogP contribution is -2.74. The highest BCUT2D eigenvalue weighted by atomic mass is 32.2. The van der Waals surface area contributed by atoms with Crippen molar-refractivity contribution in [2.75, 3.05) is 4.31 Å². The summed E-state index contributed by atoms with van der Waals surface area (Å²) in [5.41, 5.74) is -5.53. The Kier molecular flexibility index (Phi) is 31.5. The molecule has 5 N–H and O–H groups in total. The van der Waals surface area contributed by atoms with Crippen LogP contribution in [0.3, 0.4) is 0 Å². The Balaban J connectivity index is 3.82. The van der Waals surface area contributed by atoms with Crippen LogP contribution in [0.4, 0.5) is 11.4 Å². The minimum absolute atomic E-state index is 0.0386. The molecule has 1 aromatic rings. The van der Waals surface area contributed by atoms with Gasteiger partial charge < -0.3 is 20.4 Å². The molecule has 0 aromatic heterocycles. The molecule has 1 aromatic carbocycles. The monoisotopic (exact) mass is 921 g/mol. The lowest BCUT2D eigenvalue weighted by Gasteiger charge is -2.58. The highest BCUT2D eigenvalue weighted by Crippen LogP contribution is 2.51. The van der Waals surface area contributed by atoms with Gasteiger partial charge in [0.15, 0.2) is 0 Å². The fourth-order valence-electron chi connectivity index (χ4n) is 9.02. The van der Waals surface area contributed by atoms with E-state index in [4.69, 9.17) is 10.2 Å². The van der Waals surface area contributed by atoms with Gasteiger partial charge in [-0.2, -0.15) is 0 Å². The maximum absolute atomic E-state index is 14.1. The molecule has 0 aliphatic carbocycles. The number of aryl methyl sites for hydroxylation is 1. The number of nitrogens with zero attached hydrogens (tertiary/aromatic N) is 2. The SMILES string of the molecule is CCCCCC/C=C\CC(O)(C/C=C\CCCCCC)C(C)(N(c1ccc(C)cc1[N+](=O)[O-])S(=O)O)C(O)(CCCCCCCCCCC(=O)O)CCCCCCCCCCC(=O)O. The molecule has 0 saturated heterocycles. The maximum atomic E-state index is 14.1. The molecule has 0 bridgehead atoms. The summed E-state index contributed by atoms with van der Waals surface area (Å²) in [6.07, 6.45) is 31.9. The number of carboxylic acids is 2. The summed E-state index contributed by atoms with van der Waals surface area (Å²) in [6, 6.07) is 4.47. The number of aliphatic carboxylic acids is 2. The highest BCUT2D eigenvalue weighted by molar-refractivity contribution is 7.80. The zero-order chi connectivity index (χ0) is 47.7. The molecule has 1 rings (SSSR count). The number of unbranched alkanes of at least 4 members (excludes halogenated alkanes) is 22. The predicted octanol–water partition coefficient (Wildman–Crippen LogP) is 13.9. The molecule has 12 nitrogen and oxygen atoms in total. The van der Waals surface area contributed by atoms with E-state index in [2.05, 4.69) is 13.8 Å². The number of allylic oxidation sites excluding steroid dienone is 2. The third kappa shape index (κ3) is 22.4. The number of aliphatic hydroxyl groups is 2. The Morgan fingerprint density at radius 1 is 0.641 bits per heavy atom. The molecule has 0 aliphatic heterocycles. The van der Waals surface area contributed by atoms with Crippen LogP contribution in [-0.4, -0.2) is 62.8 Å². The fourth-order valence-corrected chi connectivity index (χ4v) is 9.99. The van der Waals surface area contributed by atoms with Crippen LogP contribution in [0.5, 0.6) is 0 Å². The first kappa shape index (κ1) is 58.9. The molecule has 0 fully saturated rings. The van der Waals surface area contributed by atoms with E-state index in [9.17, 15) is 38.7 Å². The predicted molar refractivity (Wildman–Crippen MR) is 262 cm³/mol. The van der Waals surface area contributed by atoms with Gasteiger partial charge in [-0.3, -0.25) is 28.6 Å². The van der Waals surface area contributed by atoms with Crippen LogP contribution in [0.2, 0.25) is 0 Å². The van der Waals surface area contributed by atoms with Crippen molar-refractivity contribution in [3.63, 3.8) is 0 Å². The second-order valence-electron chi connectivity index (χ2n) is 18.4. The van der Waals surface area contributed by atoms with Gasteiger partial charge in [0.25, 0.3) is 17.0 Å². The summed E-state index contributed by atoms with van der Waals surface area (Å²) in [7, 11) is 0. The van der Waals surface area contributed by atoms with Crippen molar-refractivity contribution in [3.05, 3.63) is 58.2 Å². The van der Waals surface area contributed by atoms with E-state index < -0.39 is 44.9 Å². The van der Waals surface area contributed by atoms with E-state index in [1.165, 1.54) is 12.1 Å². The van der Waals surface area contributed by atoms with Gasteiger partial charge in [0, 0.05) is 18.9 Å². The van der Waals surface area contributed by atoms with Crippen molar-refractivity contribution in [3.8, 4) is 0 Å². The largest absolute Gasteiger partial charge is 0.481 e. The number of hydrogen-bond donors (Lipinski definition) is 5. The summed E-state index contributed by atoms with van der Waals surface area (Å²) < 4.78 is 26.6. The summed E-state index contributed by atoms with van der Waals surface area (Å²) >= 11 is -2.92. The molecule has 0 radical (unpaired) electrons. The van der Waals surface area contributed by atoms with Gasteiger partial charge in [-0.05, 0) is 89.7 Å². The van der Waals surface area contributed by atoms with Crippen molar-refractivity contribution in [2.24, 2.45) is 0 Å². The van der Waals surface area contributed by atoms with Crippen LogP contribution in [-0.2, 0) is 20.9 Å². The number of hydrogen-bond acceptors (Lipinski definition) is 7.